The Labute approximate surface area is 96.3 Å². The largest absolute Gasteiger partial charge is 0.416 e. The third kappa shape index (κ3) is 2.25. The molecule has 92 valence electrons. The molecule has 1 saturated heterocycles. The van der Waals surface area contributed by atoms with Crippen LogP contribution in [0.25, 0.3) is 0 Å². The lowest BCUT2D eigenvalue weighted by Gasteiger charge is -2.16. The lowest BCUT2D eigenvalue weighted by molar-refractivity contribution is -0.137. The predicted octanol–water partition coefficient (Wildman–Crippen LogP) is 2.47. The topological polar surface area (TPSA) is 33.2 Å². The lowest BCUT2D eigenvalue weighted by Crippen LogP contribution is -2.27. The number of alkyl halides is 3. The second-order valence-corrected chi connectivity index (χ2v) is 4.08. The molecule has 1 aromatic rings. The van der Waals surface area contributed by atoms with Gasteiger partial charge in [-0.3, -0.25) is 9.69 Å². The van der Waals surface area contributed by atoms with E-state index >= 15 is 0 Å². The van der Waals surface area contributed by atoms with Gasteiger partial charge in [0.1, 0.15) is 5.82 Å². The van der Waals surface area contributed by atoms with Gasteiger partial charge in [0, 0.05) is 18.7 Å². The summed E-state index contributed by atoms with van der Waals surface area (Å²) in [6.07, 6.45) is -2.68. The number of rotatable bonds is 1. The number of halogens is 3. The number of pyridine rings is 1. The number of carbonyl (C=O) groups is 1. The van der Waals surface area contributed by atoms with Gasteiger partial charge < -0.3 is 0 Å². The van der Waals surface area contributed by atoms with Crippen molar-refractivity contribution < 1.29 is 18.0 Å². The molecule has 1 aliphatic rings. The van der Waals surface area contributed by atoms with Crippen molar-refractivity contribution in [3.8, 4) is 0 Å². The maximum atomic E-state index is 12.5. The van der Waals surface area contributed by atoms with Crippen molar-refractivity contribution in [2.24, 2.45) is 5.92 Å². The van der Waals surface area contributed by atoms with Crippen LogP contribution >= 0.6 is 0 Å². The molecule has 6 heteroatoms. The van der Waals surface area contributed by atoms with Gasteiger partial charge in [0.05, 0.1) is 5.56 Å². The molecule has 0 aromatic carbocycles. The van der Waals surface area contributed by atoms with Gasteiger partial charge in [-0.25, -0.2) is 4.98 Å². The summed E-state index contributed by atoms with van der Waals surface area (Å²) in [6, 6.07) is 1.81. The summed E-state index contributed by atoms with van der Waals surface area (Å²) in [5, 5.41) is 0. The van der Waals surface area contributed by atoms with Crippen LogP contribution in [0.5, 0.6) is 0 Å². The smallest absolute Gasteiger partial charge is 0.297 e. The summed E-state index contributed by atoms with van der Waals surface area (Å²) in [7, 11) is 0. The zero-order valence-corrected chi connectivity index (χ0v) is 9.16. The molecular weight excluding hydrogens is 233 g/mol. The molecule has 2 heterocycles. The second kappa shape index (κ2) is 4.01. The Hall–Kier alpha value is -1.59. The van der Waals surface area contributed by atoms with Crippen LogP contribution in [0.1, 0.15) is 18.9 Å². The molecule has 17 heavy (non-hydrogen) atoms. The fourth-order valence-corrected chi connectivity index (χ4v) is 1.79. The average molecular weight is 244 g/mol. The van der Waals surface area contributed by atoms with Crippen LogP contribution in [-0.4, -0.2) is 17.4 Å². The third-order valence-corrected chi connectivity index (χ3v) is 2.82. The van der Waals surface area contributed by atoms with Gasteiger partial charge >= 0.3 is 6.18 Å². The van der Waals surface area contributed by atoms with E-state index in [0.29, 0.717) is 13.0 Å². The van der Waals surface area contributed by atoms with Crippen molar-refractivity contribution >= 4 is 11.7 Å². The first-order valence-electron chi connectivity index (χ1n) is 5.24. The molecule has 1 amide bonds. The van der Waals surface area contributed by atoms with Crippen LogP contribution in [0, 0.1) is 5.92 Å². The Balaban J connectivity index is 2.31. The molecule has 0 spiro atoms. The number of aromatic nitrogens is 1. The molecule has 0 saturated carbocycles. The number of hydrogen-bond donors (Lipinski definition) is 0. The maximum Gasteiger partial charge on any atom is 0.416 e. The zero-order valence-electron chi connectivity index (χ0n) is 9.16. The first-order chi connectivity index (χ1) is 7.89. The van der Waals surface area contributed by atoms with Gasteiger partial charge in [0.15, 0.2) is 0 Å². The van der Waals surface area contributed by atoms with E-state index in [0.717, 1.165) is 18.3 Å². The predicted molar refractivity (Wildman–Crippen MR) is 55.4 cm³/mol. The Morgan fingerprint density at radius 3 is 2.71 bits per heavy atom. The van der Waals surface area contributed by atoms with Crippen LogP contribution < -0.4 is 4.90 Å². The van der Waals surface area contributed by atoms with Gasteiger partial charge in [-0.05, 0) is 18.6 Å². The zero-order chi connectivity index (χ0) is 12.6. The van der Waals surface area contributed by atoms with Crippen LogP contribution in [-0.2, 0) is 11.0 Å². The number of carbonyl (C=O) groups excluding carboxylic acids is 1. The van der Waals surface area contributed by atoms with Gasteiger partial charge in [0.2, 0.25) is 5.91 Å². The molecule has 0 radical (unpaired) electrons. The first-order valence-corrected chi connectivity index (χ1v) is 5.24. The number of amides is 1. The molecule has 1 aromatic heterocycles. The van der Waals surface area contributed by atoms with E-state index in [1.54, 1.807) is 6.92 Å². The van der Waals surface area contributed by atoms with Crippen LogP contribution in [0.3, 0.4) is 0 Å². The van der Waals surface area contributed by atoms with E-state index in [9.17, 15) is 18.0 Å². The van der Waals surface area contributed by atoms with Crippen molar-refractivity contribution in [2.45, 2.75) is 19.5 Å². The highest BCUT2D eigenvalue weighted by Gasteiger charge is 2.34. The fourth-order valence-electron chi connectivity index (χ4n) is 1.79. The van der Waals surface area contributed by atoms with E-state index in [2.05, 4.69) is 4.98 Å². The third-order valence-electron chi connectivity index (χ3n) is 2.82. The van der Waals surface area contributed by atoms with Gasteiger partial charge in [-0.2, -0.15) is 13.2 Å². The Morgan fingerprint density at radius 1 is 1.47 bits per heavy atom. The van der Waals surface area contributed by atoms with E-state index in [1.807, 2.05) is 0 Å². The average Bonchev–Trinajstić information content (AvgIpc) is 2.59. The fraction of sp³-hybridized carbons (Fsp3) is 0.455. The van der Waals surface area contributed by atoms with Gasteiger partial charge in [0.25, 0.3) is 0 Å². The molecule has 0 N–H and O–H groups in total. The van der Waals surface area contributed by atoms with E-state index in [4.69, 9.17) is 0 Å². The normalized spacial score (nSPS) is 21.1. The molecule has 1 unspecified atom stereocenters. The van der Waals surface area contributed by atoms with Crippen molar-refractivity contribution in [3.05, 3.63) is 23.9 Å². The van der Waals surface area contributed by atoms with Crippen LogP contribution in [0.2, 0.25) is 0 Å². The minimum atomic E-state index is -4.41. The highest BCUT2D eigenvalue weighted by Crippen LogP contribution is 2.32. The Morgan fingerprint density at radius 2 is 2.18 bits per heavy atom. The second-order valence-electron chi connectivity index (χ2n) is 4.08. The summed E-state index contributed by atoms with van der Waals surface area (Å²) in [4.78, 5) is 16.8. The summed E-state index contributed by atoms with van der Waals surface area (Å²) in [6.45, 7) is 2.18. The highest BCUT2D eigenvalue weighted by atomic mass is 19.4. The monoisotopic (exact) mass is 244 g/mol. The minimum absolute atomic E-state index is 0.0779. The van der Waals surface area contributed by atoms with E-state index in [1.165, 1.54) is 4.90 Å². The molecule has 1 atom stereocenters. The number of nitrogens with zero attached hydrogens (tertiary/aromatic N) is 2. The van der Waals surface area contributed by atoms with Crippen molar-refractivity contribution in [1.29, 1.82) is 0 Å². The lowest BCUT2D eigenvalue weighted by atomic mass is 10.1. The van der Waals surface area contributed by atoms with Gasteiger partial charge in [-0.1, -0.05) is 6.92 Å². The summed E-state index contributed by atoms with van der Waals surface area (Å²) in [5.74, 6) is -0.239. The molecule has 0 bridgehead atoms. The summed E-state index contributed by atoms with van der Waals surface area (Å²) >= 11 is 0. The molecule has 1 aliphatic heterocycles. The maximum absolute atomic E-state index is 12.5. The number of anilines is 1. The standard InChI is InChI=1S/C11H11F3N2O/c1-7-3-5-16(10(7)17)9-6-8(2-4-15-9)11(12,13)14/h2,4,6-7H,3,5H2,1H3. The van der Waals surface area contributed by atoms with Crippen molar-refractivity contribution in [2.75, 3.05) is 11.4 Å². The summed E-state index contributed by atoms with van der Waals surface area (Å²) < 4.78 is 37.5. The molecule has 3 nitrogen and oxygen atoms in total. The summed E-state index contributed by atoms with van der Waals surface area (Å²) in [5.41, 5.74) is -0.783. The van der Waals surface area contributed by atoms with Crippen molar-refractivity contribution in [3.63, 3.8) is 0 Å². The van der Waals surface area contributed by atoms with Crippen LogP contribution in [0.4, 0.5) is 19.0 Å². The van der Waals surface area contributed by atoms with Crippen molar-refractivity contribution in [1.82, 2.24) is 4.98 Å². The van der Waals surface area contributed by atoms with E-state index < -0.39 is 11.7 Å². The molecule has 2 rings (SSSR count). The molecule has 0 aliphatic carbocycles. The molecular formula is C11H11F3N2O. The van der Waals surface area contributed by atoms with E-state index in [-0.39, 0.29) is 17.6 Å². The quantitative estimate of drug-likeness (QED) is 0.760. The SMILES string of the molecule is CC1CCN(c2cc(C(F)(F)F)ccn2)C1=O. The first kappa shape index (κ1) is 11.9. The Kier molecular flexibility index (Phi) is 2.81. The Bertz CT molecular complexity index is 445. The van der Waals surface area contributed by atoms with Crippen LogP contribution in [0.15, 0.2) is 18.3 Å². The molecule has 1 fully saturated rings. The minimum Gasteiger partial charge on any atom is -0.297 e. The highest BCUT2D eigenvalue weighted by molar-refractivity contribution is 5.96. The van der Waals surface area contributed by atoms with Gasteiger partial charge in [-0.15, -0.1) is 0 Å². The number of hydrogen-bond acceptors (Lipinski definition) is 2.